The number of rotatable bonds is 4. The summed E-state index contributed by atoms with van der Waals surface area (Å²) in [5.74, 6) is 0. The zero-order valence-corrected chi connectivity index (χ0v) is 13.5. The Labute approximate surface area is 129 Å². The molecule has 0 aliphatic heterocycles. The fraction of sp³-hybridized carbons (Fsp3) is 0.278. The SMILES string of the molecule is Cc1nc(C)c(CNC(C)c2cccc3ccccc23)s1. The lowest BCUT2D eigenvalue weighted by Gasteiger charge is -2.16. The first-order valence-corrected chi connectivity index (χ1v) is 8.11. The molecule has 1 unspecified atom stereocenters. The maximum absolute atomic E-state index is 4.49. The molecule has 2 aromatic carbocycles. The van der Waals surface area contributed by atoms with Crippen molar-refractivity contribution in [2.75, 3.05) is 0 Å². The molecule has 0 fully saturated rings. The van der Waals surface area contributed by atoms with Crippen molar-refractivity contribution in [1.82, 2.24) is 10.3 Å². The minimum absolute atomic E-state index is 0.318. The Bertz CT molecular complexity index is 756. The van der Waals surface area contributed by atoms with Crippen LogP contribution < -0.4 is 5.32 Å². The van der Waals surface area contributed by atoms with Gasteiger partial charge in [-0.25, -0.2) is 4.98 Å². The van der Waals surface area contributed by atoms with E-state index >= 15 is 0 Å². The van der Waals surface area contributed by atoms with Crippen LogP contribution >= 0.6 is 11.3 Å². The van der Waals surface area contributed by atoms with Gasteiger partial charge in [0.15, 0.2) is 0 Å². The van der Waals surface area contributed by atoms with E-state index in [1.54, 1.807) is 11.3 Å². The van der Waals surface area contributed by atoms with Crippen LogP contribution in [0.5, 0.6) is 0 Å². The Morgan fingerprint density at radius 2 is 1.86 bits per heavy atom. The molecule has 3 heteroatoms. The first-order valence-electron chi connectivity index (χ1n) is 7.29. The Kier molecular flexibility index (Phi) is 4.04. The maximum atomic E-state index is 4.49. The molecular formula is C18H20N2S. The molecule has 0 spiro atoms. The summed E-state index contributed by atoms with van der Waals surface area (Å²) >= 11 is 1.78. The minimum atomic E-state index is 0.318. The highest BCUT2D eigenvalue weighted by molar-refractivity contribution is 7.11. The third-order valence-electron chi connectivity index (χ3n) is 3.86. The first-order chi connectivity index (χ1) is 10.1. The van der Waals surface area contributed by atoms with E-state index in [0.29, 0.717) is 6.04 Å². The molecule has 1 aromatic heterocycles. The van der Waals surface area contributed by atoms with Crippen molar-refractivity contribution >= 4 is 22.1 Å². The van der Waals surface area contributed by atoms with Gasteiger partial charge in [0.2, 0.25) is 0 Å². The van der Waals surface area contributed by atoms with E-state index < -0.39 is 0 Å². The third-order valence-corrected chi connectivity index (χ3v) is 4.93. The molecule has 1 N–H and O–H groups in total. The van der Waals surface area contributed by atoms with Gasteiger partial charge >= 0.3 is 0 Å². The van der Waals surface area contributed by atoms with Crippen LogP contribution in [-0.4, -0.2) is 4.98 Å². The van der Waals surface area contributed by atoms with Crippen molar-refractivity contribution in [3.63, 3.8) is 0 Å². The van der Waals surface area contributed by atoms with Crippen LogP contribution in [0.2, 0.25) is 0 Å². The Hall–Kier alpha value is -1.71. The molecule has 1 atom stereocenters. The molecule has 3 rings (SSSR count). The van der Waals surface area contributed by atoms with Gasteiger partial charge in [0.05, 0.1) is 10.7 Å². The van der Waals surface area contributed by atoms with Crippen LogP contribution in [-0.2, 0) is 6.54 Å². The second-order valence-electron chi connectivity index (χ2n) is 5.41. The molecule has 1 heterocycles. The monoisotopic (exact) mass is 296 g/mol. The molecule has 0 radical (unpaired) electrons. The van der Waals surface area contributed by atoms with E-state index in [-0.39, 0.29) is 0 Å². The summed E-state index contributed by atoms with van der Waals surface area (Å²) < 4.78 is 0. The van der Waals surface area contributed by atoms with Crippen LogP contribution in [0.15, 0.2) is 42.5 Å². The van der Waals surface area contributed by atoms with Gasteiger partial charge in [-0.1, -0.05) is 42.5 Å². The van der Waals surface area contributed by atoms with Crippen molar-refractivity contribution in [2.45, 2.75) is 33.4 Å². The van der Waals surface area contributed by atoms with Crippen molar-refractivity contribution < 1.29 is 0 Å². The summed E-state index contributed by atoms with van der Waals surface area (Å²) in [5, 5.41) is 7.40. The fourth-order valence-corrected chi connectivity index (χ4v) is 3.61. The summed E-state index contributed by atoms with van der Waals surface area (Å²) in [6, 6.07) is 15.4. The Balaban J connectivity index is 1.81. The Morgan fingerprint density at radius 1 is 1.10 bits per heavy atom. The summed E-state index contributed by atoms with van der Waals surface area (Å²) in [6.07, 6.45) is 0. The molecule has 2 nitrogen and oxygen atoms in total. The lowest BCUT2D eigenvalue weighted by molar-refractivity contribution is 0.580. The average molecular weight is 296 g/mol. The predicted molar refractivity (Wildman–Crippen MR) is 90.8 cm³/mol. The quantitative estimate of drug-likeness (QED) is 0.750. The predicted octanol–water partition coefficient (Wildman–Crippen LogP) is 4.76. The van der Waals surface area contributed by atoms with Gasteiger partial charge in [-0.2, -0.15) is 0 Å². The topological polar surface area (TPSA) is 24.9 Å². The number of hydrogen-bond donors (Lipinski definition) is 1. The van der Waals surface area contributed by atoms with Crippen LogP contribution in [0, 0.1) is 13.8 Å². The van der Waals surface area contributed by atoms with Crippen LogP contribution in [0.4, 0.5) is 0 Å². The molecule has 0 aliphatic rings. The number of aryl methyl sites for hydroxylation is 2. The average Bonchev–Trinajstić information content (AvgIpc) is 2.82. The molecule has 0 amide bonds. The van der Waals surface area contributed by atoms with Crippen LogP contribution in [0.1, 0.15) is 34.1 Å². The fourth-order valence-electron chi connectivity index (χ4n) is 2.72. The van der Waals surface area contributed by atoms with E-state index in [9.17, 15) is 0 Å². The lowest BCUT2D eigenvalue weighted by atomic mass is 10.00. The Morgan fingerprint density at radius 3 is 2.62 bits per heavy atom. The maximum Gasteiger partial charge on any atom is 0.0900 e. The van der Waals surface area contributed by atoms with E-state index in [1.807, 2.05) is 0 Å². The highest BCUT2D eigenvalue weighted by atomic mass is 32.1. The molecule has 3 aromatic rings. The van der Waals surface area contributed by atoms with Crippen LogP contribution in [0.25, 0.3) is 10.8 Å². The van der Waals surface area contributed by atoms with E-state index in [1.165, 1.54) is 21.2 Å². The first kappa shape index (κ1) is 14.2. The van der Waals surface area contributed by atoms with Crippen LogP contribution in [0.3, 0.4) is 0 Å². The smallest absolute Gasteiger partial charge is 0.0900 e. The zero-order valence-electron chi connectivity index (χ0n) is 12.7. The minimum Gasteiger partial charge on any atom is -0.305 e. The zero-order chi connectivity index (χ0) is 14.8. The third kappa shape index (κ3) is 2.99. The summed E-state index contributed by atoms with van der Waals surface area (Å²) in [7, 11) is 0. The summed E-state index contributed by atoms with van der Waals surface area (Å²) in [4.78, 5) is 5.82. The number of nitrogens with one attached hydrogen (secondary N) is 1. The van der Waals surface area contributed by atoms with Crippen molar-refractivity contribution in [3.8, 4) is 0 Å². The largest absolute Gasteiger partial charge is 0.305 e. The van der Waals surface area contributed by atoms with Crippen molar-refractivity contribution in [1.29, 1.82) is 0 Å². The van der Waals surface area contributed by atoms with Gasteiger partial charge < -0.3 is 5.32 Å². The summed E-state index contributed by atoms with van der Waals surface area (Å²) in [6.45, 7) is 7.26. The molecule has 21 heavy (non-hydrogen) atoms. The number of nitrogens with zero attached hydrogens (tertiary/aromatic N) is 1. The van der Waals surface area contributed by atoms with Gasteiger partial charge in [-0.15, -0.1) is 11.3 Å². The summed E-state index contributed by atoms with van der Waals surface area (Å²) in [5.41, 5.74) is 2.50. The molecule has 108 valence electrons. The molecule has 0 saturated carbocycles. The number of fused-ring (bicyclic) bond motifs is 1. The lowest BCUT2D eigenvalue weighted by Crippen LogP contribution is -2.18. The van der Waals surface area contributed by atoms with E-state index in [2.05, 4.69) is 73.5 Å². The second kappa shape index (κ2) is 5.96. The molecular weight excluding hydrogens is 276 g/mol. The number of thiazole rings is 1. The number of aromatic nitrogens is 1. The van der Waals surface area contributed by atoms with E-state index in [4.69, 9.17) is 0 Å². The number of hydrogen-bond acceptors (Lipinski definition) is 3. The second-order valence-corrected chi connectivity index (χ2v) is 6.70. The van der Waals surface area contributed by atoms with Gasteiger partial charge in [0.1, 0.15) is 0 Å². The normalized spacial score (nSPS) is 12.7. The van der Waals surface area contributed by atoms with Crippen molar-refractivity contribution in [2.24, 2.45) is 0 Å². The van der Waals surface area contributed by atoms with Gasteiger partial charge in [-0.05, 0) is 37.1 Å². The van der Waals surface area contributed by atoms with Gasteiger partial charge in [0.25, 0.3) is 0 Å². The molecule has 0 aliphatic carbocycles. The highest BCUT2D eigenvalue weighted by Gasteiger charge is 2.10. The van der Waals surface area contributed by atoms with Gasteiger partial charge in [-0.3, -0.25) is 0 Å². The van der Waals surface area contributed by atoms with Crippen molar-refractivity contribution in [3.05, 3.63) is 63.6 Å². The number of benzene rings is 2. The van der Waals surface area contributed by atoms with Gasteiger partial charge in [0, 0.05) is 17.5 Å². The molecule has 0 saturated heterocycles. The molecule has 0 bridgehead atoms. The standard InChI is InChI=1S/C18H20N2S/c1-12(19-11-18-13(2)20-14(3)21-18)16-10-6-8-15-7-4-5-9-17(15)16/h4-10,12,19H,11H2,1-3H3. The highest BCUT2D eigenvalue weighted by Crippen LogP contribution is 2.25. The van der Waals surface area contributed by atoms with E-state index in [0.717, 1.165) is 17.2 Å².